The molecule has 1 saturated heterocycles. The third-order valence-corrected chi connectivity index (χ3v) is 6.01. The first kappa shape index (κ1) is 15.5. The molecule has 2 aliphatic rings. The summed E-state index contributed by atoms with van der Waals surface area (Å²) < 4.78 is 28.4. The number of aromatic nitrogens is 2. The van der Waals surface area contributed by atoms with Gasteiger partial charge < -0.3 is 9.88 Å². The third-order valence-electron chi connectivity index (χ3n) is 4.26. The maximum Gasteiger partial charge on any atom is 0.262 e. The average molecular weight is 326 g/mol. The molecule has 8 heteroatoms. The number of amides is 1. The van der Waals surface area contributed by atoms with E-state index in [0.29, 0.717) is 25.6 Å². The summed E-state index contributed by atoms with van der Waals surface area (Å²) in [6, 6.07) is 0.305. The van der Waals surface area contributed by atoms with Crippen LogP contribution in [0.5, 0.6) is 0 Å². The van der Waals surface area contributed by atoms with E-state index in [1.165, 1.54) is 10.6 Å². The Morgan fingerprint density at radius 2 is 2.18 bits per heavy atom. The van der Waals surface area contributed by atoms with Crippen molar-refractivity contribution in [1.29, 1.82) is 0 Å². The molecular formula is C14H22N4O3S. The number of hydrogen-bond donors (Lipinski definition) is 1. The van der Waals surface area contributed by atoms with Crippen molar-refractivity contribution in [2.24, 2.45) is 5.92 Å². The number of rotatable bonds is 5. The van der Waals surface area contributed by atoms with Gasteiger partial charge in [0, 0.05) is 31.9 Å². The zero-order valence-electron chi connectivity index (χ0n) is 12.7. The minimum absolute atomic E-state index is 0.0125. The van der Waals surface area contributed by atoms with Crippen LogP contribution < -0.4 is 5.32 Å². The number of sulfonamides is 1. The molecule has 2 fully saturated rings. The molecule has 0 unspecified atom stereocenters. The number of aryl methyl sites for hydroxylation is 1. The largest absolute Gasteiger partial charge is 0.353 e. The van der Waals surface area contributed by atoms with E-state index >= 15 is 0 Å². The van der Waals surface area contributed by atoms with Gasteiger partial charge in [-0.15, -0.1) is 0 Å². The van der Waals surface area contributed by atoms with E-state index in [1.807, 2.05) is 6.92 Å². The summed E-state index contributed by atoms with van der Waals surface area (Å²) in [5.74, 6) is -0.265. The molecule has 1 amide bonds. The van der Waals surface area contributed by atoms with Crippen molar-refractivity contribution in [2.75, 3.05) is 13.1 Å². The van der Waals surface area contributed by atoms with E-state index in [1.54, 1.807) is 10.8 Å². The van der Waals surface area contributed by atoms with Gasteiger partial charge in [-0.1, -0.05) is 0 Å². The van der Waals surface area contributed by atoms with Crippen LogP contribution in [-0.2, 0) is 21.4 Å². The number of imidazole rings is 1. The zero-order chi connectivity index (χ0) is 15.7. The summed E-state index contributed by atoms with van der Waals surface area (Å²) in [6.07, 6.45) is 6.59. The van der Waals surface area contributed by atoms with Crippen LogP contribution in [0.15, 0.2) is 17.6 Å². The number of piperidine rings is 1. The molecule has 3 rings (SSSR count). The van der Waals surface area contributed by atoms with E-state index in [9.17, 15) is 13.2 Å². The molecule has 0 radical (unpaired) electrons. The number of carbonyl (C=O) groups excluding carboxylic acids is 1. The molecule has 1 aromatic rings. The molecule has 22 heavy (non-hydrogen) atoms. The molecule has 0 spiro atoms. The molecule has 1 aromatic heterocycles. The first-order chi connectivity index (χ1) is 10.5. The number of nitrogens with one attached hydrogen (secondary N) is 1. The van der Waals surface area contributed by atoms with Crippen LogP contribution in [-0.4, -0.2) is 47.3 Å². The van der Waals surface area contributed by atoms with Crippen molar-refractivity contribution in [3.05, 3.63) is 12.5 Å². The fourth-order valence-corrected chi connectivity index (χ4v) is 4.16. The van der Waals surface area contributed by atoms with Crippen molar-refractivity contribution in [3.63, 3.8) is 0 Å². The Balaban J connectivity index is 1.71. The third kappa shape index (κ3) is 3.17. The zero-order valence-corrected chi connectivity index (χ0v) is 13.6. The fraction of sp³-hybridized carbons (Fsp3) is 0.714. The van der Waals surface area contributed by atoms with E-state index in [2.05, 4.69) is 10.3 Å². The van der Waals surface area contributed by atoms with Gasteiger partial charge in [0.2, 0.25) is 5.91 Å². The van der Waals surface area contributed by atoms with Crippen molar-refractivity contribution in [1.82, 2.24) is 19.2 Å². The quantitative estimate of drug-likeness (QED) is 0.858. The molecule has 1 saturated carbocycles. The maximum atomic E-state index is 12.6. The lowest BCUT2D eigenvalue weighted by Gasteiger charge is -2.30. The smallest absolute Gasteiger partial charge is 0.262 e. The highest BCUT2D eigenvalue weighted by atomic mass is 32.2. The number of carbonyl (C=O) groups is 1. The first-order valence-electron chi connectivity index (χ1n) is 7.83. The Bertz CT molecular complexity index is 651. The summed E-state index contributed by atoms with van der Waals surface area (Å²) in [7, 11) is -3.61. The van der Waals surface area contributed by atoms with Crippen LogP contribution in [0.4, 0.5) is 0 Å². The lowest BCUT2D eigenvalue weighted by molar-refractivity contribution is -0.126. The molecule has 1 aliphatic carbocycles. The highest BCUT2D eigenvalue weighted by molar-refractivity contribution is 7.89. The predicted molar refractivity (Wildman–Crippen MR) is 80.5 cm³/mol. The lowest BCUT2D eigenvalue weighted by atomic mass is 9.99. The van der Waals surface area contributed by atoms with E-state index in [4.69, 9.17) is 0 Å². The second kappa shape index (κ2) is 6.00. The molecule has 2 heterocycles. The minimum atomic E-state index is -3.61. The summed E-state index contributed by atoms with van der Waals surface area (Å²) in [5, 5.41) is 3.04. The Labute approximate surface area is 130 Å². The minimum Gasteiger partial charge on any atom is -0.353 e. The van der Waals surface area contributed by atoms with Crippen LogP contribution in [0.3, 0.4) is 0 Å². The second-order valence-electron chi connectivity index (χ2n) is 6.03. The Morgan fingerprint density at radius 3 is 2.82 bits per heavy atom. The molecule has 7 nitrogen and oxygen atoms in total. The molecule has 0 bridgehead atoms. The first-order valence-corrected chi connectivity index (χ1v) is 9.27. The van der Waals surface area contributed by atoms with Crippen LogP contribution in [0.1, 0.15) is 32.6 Å². The highest BCUT2D eigenvalue weighted by Gasteiger charge is 2.36. The molecule has 122 valence electrons. The lowest BCUT2D eigenvalue weighted by Crippen LogP contribution is -2.45. The van der Waals surface area contributed by atoms with Gasteiger partial charge in [-0.3, -0.25) is 4.79 Å². The van der Waals surface area contributed by atoms with Gasteiger partial charge in [-0.2, -0.15) is 4.31 Å². The molecule has 1 N–H and O–H groups in total. The Hall–Kier alpha value is -1.41. The van der Waals surface area contributed by atoms with Gasteiger partial charge in [0.1, 0.15) is 0 Å². The van der Waals surface area contributed by atoms with Crippen molar-refractivity contribution < 1.29 is 13.2 Å². The van der Waals surface area contributed by atoms with Gasteiger partial charge in [0.05, 0.1) is 12.2 Å². The summed E-state index contributed by atoms with van der Waals surface area (Å²) in [4.78, 5) is 16.2. The highest BCUT2D eigenvalue weighted by Crippen LogP contribution is 2.25. The normalized spacial score (nSPS) is 23.4. The maximum absolute atomic E-state index is 12.6. The molecular weight excluding hydrogens is 304 g/mol. The van der Waals surface area contributed by atoms with Crippen LogP contribution in [0.2, 0.25) is 0 Å². The second-order valence-corrected chi connectivity index (χ2v) is 7.91. The van der Waals surface area contributed by atoms with Crippen molar-refractivity contribution in [3.8, 4) is 0 Å². The summed E-state index contributed by atoms with van der Waals surface area (Å²) in [6.45, 7) is 3.31. The van der Waals surface area contributed by atoms with Gasteiger partial charge in [0.15, 0.2) is 5.03 Å². The molecule has 1 atom stereocenters. The van der Waals surface area contributed by atoms with Crippen LogP contribution >= 0.6 is 0 Å². The van der Waals surface area contributed by atoms with Gasteiger partial charge in [-0.05, 0) is 32.6 Å². The van der Waals surface area contributed by atoms with E-state index in [-0.39, 0.29) is 23.4 Å². The summed E-state index contributed by atoms with van der Waals surface area (Å²) >= 11 is 0. The average Bonchev–Trinajstić information content (AvgIpc) is 3.19. The fourth-order valence-electron chi connectivity index (χ4n) is 2.70. The van der Waals surface area contributed by atoms with Crippen LogP contribution in [0.25, 0.3) is 0 Å². The van der Waals surface area contributed by atoms with Gasteiger partial charge in [-0.25, -0.2) is 13.4 Å². The topological polar surface area (TPSA) is 84.3 Å². The van der Waals surface area contributed by atoms with Crippen molar-refractivity contribution >= 4 is 15.9 Å². The SMILES string of the molecule is CCn1cnc(S(=O)(=O)N2CCC[C@H](C(=O)NC3CC3)C2)c1. The summed E-state index contributed by atoms with van der Waals surface area (Å²) in [5.41, 5.74) is 0. The van der Waals surface area contributed by atoms with Gasteiger partial charge in [0.25, 0.3) is 10.0 Å². The van der Waals surface area contributed by atoms with E-state index < -0.39 is 10.0 Å². The number of nitrogens with zero attached hydrogens (tertiary/aromatic N) is 3. The van der Waals surface area contributed by atoms with Crippen LogP contribution in [0, 0.1) is 5.92 Å². The standard InChI is InChI=1S/C14H22N4O3S/c1-2-17-9-13(15-10-17)22(20,21)18-7-3-4-11(8-18)14(19)16-12-5-6-12/h9-12H,2-8H2,1H3,(H,16,19)/t11-/m0/s1. The van der Waals surface area contributed by atoms with E-state index in [0.717, 1.165) is 19.3 Å². The monoisotopic (exact) mass is 326 g/mol. The molecule has 0 aromatic carbocycles. The van der Waals surface area contributed by atoms with Crippen molar-refractivity contribution in [2.45, 2.75) is 50.2 Å². The molecule has 1 aliphatic heterocycles. The Morgan fingerprint density at radius 1 is 1.41 bits per heavy atom. The number of hydrogen-bond acceptors (Lipinski definition) is 4. The Kier molecular flexibility index (Phi) is 4.22. The predicted octanol–water partition coefficient (Wildman–Crippen LogP) is 0.582. The van der Waals surface area contributed by atoms with Gasteiger partial charge >= 0.3 is 0 Å².